The van der Waals surface area contributed by atoms with Crippen LogP contribution in [0.1, 0.15) is 54.7 Å². The molecule has 0 saturated carbocycles. The molecule has 39 heavy (non-hydrogen) atoms. The number of nitrogens with one attached hydrogen (secondary N) is 2. The molecule has 0 bridgehead atoms. The minimum absolute atomic E-state index is 0.0273. The molecule has 2 heterocycles. The van der Waals surface area contributed by atoms with Crippen LogP contribution in [0.5, 0.6) is 0 Å². The summed E-state index contributed by atoms with van der Waals surface area (Å²) < 4.78 is 52.9. The monoisotopic (exact) mass is 561 g/mol. The van der Waals surface area contributed by atoms with Gasteiger partial charge in [-0.25, -0.2) is 4.98 Å². The lowest BCUT2D eigenvalue weighted by atomic mass is 9.93. The van der Waals surface area contributed by atoms with Crippen LogP contribution in [0.25, 0.3) is 0 Å². The molecule has 1 aliphatic heterocycles. The summed E-state index contributed by atoms with van der Waals surface area (Å²) in [6, 6.07) is 12.4. The molecule has 0 unspecified atom stereocenters. The average molecular weight is 562 g/mol. The fraction of sp³-hybridized carbons (Fsp3) is 0.370. The van der Waals surface area contributed by atoms with Crippen molar-refractivity contribution in [1.29, 1.82) is 0 Å². The van der Waals surface area contributed by atoms with Crippen LogP contribution in [0, 0.1) is 0 Å². The first kappa shape index (κ1) is 28.7. The number of anilines is 4. The molecule has 3 aromatic rings. The fourth-order valence-corrected chi connectivity index (χ4v) is 5.60. The zero-order chi connectivity index (χ0) is 28.4. The van der Waals surface area contributed by atoms with Crippen molar-refractivity contribution in [3.63, 3.8) is 0 Å². The molecular weight excluding hydrogens is 530 g/mol. The molecule has 1 aromatic heterocycles. The molecule has 0 spiro atoms. The van der Waals surface area contributed by atoms with E-state index in [1.807, 2.05) is 39.8 Å². The molecule has 1 aliphatic rings. The topological polar surface area (TPSA) is 88.6 Å². The van der Waals surface area contributed by atoms with Gasteiger partial charge in [0.25, 0.3) is 5.91 Å². The smallest absolute Gasteiger partial charge is 0.339 e. The van der Waals surface area contributed by atoms with E-state index >= 15 is 0 Å². The minimum Gasteiger partial charge on any atom is -0.339 e. The van der Waals surface area contributed by atoms with Crippen molar-refractivity contribution in [3.8, 4) is 0 Å². The van der Waals surface area contributed by atoms with Crippen LogP contribution in [0.2, 0.25) is 0 Å². The van der Waals surface area contributed by atoms with E-state index in [9.17, 15) is 18.0 Å². The number of carbonyl (C=O) groups is 1. The Morgan fingerprint density at radius 1 is 1.03 bits per heavy atom. The van der Waals surface area contributed by atoms with Crippen LogP contribution in [0.4, 0.5) is 36.3 Å². The Kier molecular flexibility index (Phi) is 8.44. The number of hydrogen-bond acceptors (Lipinski definition) is 7. The maximum Gasteiger partial charge on any atom is 0.421 e. The Labute approximate surface area is 226 Å². The predicted molar refractivity (Wildman–Crippen MR) is 145 cm³/mol. The minimum atomic E-state index is -4.71. The number of rotatable bonds is 10. The number of benzene rings is 2. The second kappa shape index (κ2) is 11.5. The number of alkyl halides is 3. The van der Waals surface area contributed by atoms with Gasteiger partial charge >= 0.3 is 6.18 Å². The van der Waals surface area contributed by atoms with Crippen LogP contribution in [0.3, 0.4) is 0 Å². The summed E-state index contributed by atoms with van der Waals surface area (Å²) >= 11 is 0. The first-order chi connectivity index (χ1) is 18.5. The second-order valence-electron chi connectivity index (χ2n) is 9.38. The van der Waals surface area contributed by atoms with E-state index in [2.05, 4.69) is 20.6 Å². The van der Waals surface area contributed by atoms with E-state index in [1.54, 1.807) is 42.3 Å². The number of carbonyl (C=O) groups excluding carboxylic acids is 1. The quantitative estimate of drug-likeness (QED) is 0.253. The molecule has 208 valence electrons. The average Bonchev–Trinajstić information content (AvgIpc) is 3.05. The Bertz CT molecular complexity index is 1330. The molecule has 1 amide bonds. The van der Waals surface area contributed by atoms with Crippen LogP contribution in [-0.2, 0) is 26.9 Å². The van der Waals surface area contributed by atoms with Crippen molar-refractivity contribution in [2.75, 3.05) is 30.9 Å². The van der Waals surface area contributed by atoms with Gasteiger partial charge in [-0.3, -0.25) is 4.79 Å². The van der Waals surface area contributed by atoms with Crippen LogP contribution in [-0.4, -0.2) is 41.0 Å². The molecule has 12 heteroatoms. The van der Waals surface area contributed by atoms with Gasteiger partial charge in [0.1, 0.15) is 11.4 Å². The van der Waals surface area contributed by atoms with Crippen molar-refractivity contribution in [2.24, 2.45) is 0 Å². The lowest BCUT2D eigenvalue weighted by Gasteiger charge is -2.28. The molecule has 2 aromatic carbocycles. The van der Waals surface area contributed by atoms with Gasteiger partial charge in [-0.2, -0.15) is 18.2 Å². The first-order valence-corrected chi connectivity index (χ1v) is 13.8. The number of hydrogen-bond donors (Lipinski definition) is 2. The molecule has 4 rings (SSSR count). The van der Waals surface area contributed by atoms with Crippen molar-refractivity contribution >= 4 is 37.4 Å². The maximum atomic E-state index is 13.9. The number of nitrogens with zero attached hydrogens (tertiary/aromatic N) is 3. The van der Waals surface area contributed by atoms with Gasteiger partial charge in [-0.1, -0.05) is 24.3 Å². The highest BCUT2D eigenvalue weighted by atomic mass is 31.2. The van der Waals surface area contributed by atoms with Gasteiger partial charge in [0.05, 0.1) is 30.0 Å². The molecule has 0 saturated heterocycles. The van der Waals surface area contributed by atoms with Gasteiger partial charge in [-0.15, -0.1) is 0 Å². The van der Waals surface area contributed by atoms with E-state index in [0.29, 0.717) is 30.6 Å². The summed E-state index contributed by atoms with van der Waals surface area (Å²) in [5, 5.41) is 5.72. The number of amides is 1. The number of halogens is 3. The second-order valence-corrected chi connectivity index (χ2v) is 10.9. The van der Waals surface area contributed by atoms with Gasteiger partial charge < -0.3 is 24.6 Å². The Balaban J connectivity index is 1.60. The summed E-state index contributed by atoms with van der Waals surface area (Å²) in [4.78, 5) is 22.6. The Hall–Kier alpha value is -3.27. The van der Waals surface area contributed by atoms with Crippen molar-refractivity contribution in [3.05, 3.63) is 70.9 Å². The van der Waals surface area contributed by atoms with Gasteiger partial charge in [0.2, 0.25) is 5.95 Å². The van der Waals surface area contributed by atoms with Crippen molar-refractivity contribution in [2.45, 2.75) is 45.6 Å². The van der Waals surface area contributed by atoms with Crippen molar-refractivity contribution in [1.82, 2.24) is 14.9 Å². The largest absolute Gasteiger partial charge is 0.421 e. The predicted octanol–water partition coefficient (Wildman–Crippen LogP) is 7.19. The highest BCUT2D eigenvalue weighted by Gasteiger charge is 2.42. The van der Waals surface area contributed by atoms with Crippen LogP contribution < -0.4 is 10.6 Å². The van der Waals surface area contributed by atoms with E-state index < -0.39 is 31.5 Å². The molecule has 8 nitrogen and oxygen atoms in total. The van der Waals surface area contributed by atoms with Crippen molar-refractivity contribution < 1.29 is 27.0 Å². The van der Waals surface area contributed by atoms with E-state index in [1.165, 1.54) is 0 Å². The lowest BCUT2D eigenvalue weighted by molar-refractivity contribution is -0.137. The van der Waals surface area contributed by atoms with Crippen LogP contribution >= 0.6 is 8.38 Å². The van der Waals surface area contributed by atoms with Gasteiger partial charge in [0, 0.05) is 25.1 Å². The summed E-state index contributed by atoms with van der Waals surface area (Å²) in [5.74, 6) is -0.763. The zero-order valence-electron chi connectivity index (χ0n) is 22.4. The van der Waals surface area contributed by atoms with Gasteiger partial charge in [0.15, 0.2) is 8.38 Å². The standard InChI is InChI=1S/C27H31F3N5O3P/c1-6-37-39(38-7-2)16-17-11-13-18(14-12-17)32-25-31-15-20(27(28,29)30)23(34-25)33-21-10-8-9-19-22(21)24(36)35(5)26(19,3)4/h8-15H,6-7,16H2,1-5H3,(H2,31,32,33,34). The molecule has 0 aliphatic carbocycles. The summed E-state index contributed by atoms with van der Waals surface area (Å²) in [6.07, 6.45) is -3.36. The summed E-state index contributed by atoms with van der Waals surface area (Å²) in [5.41, 5.74) is 1.24. The van der Waals surface area contributed by atoms with E-state index in [0.717, 1.165) is 17.3 Å². The highest BCUT2D eigenvalue weighted by Crippen LogP contribution is 2.43. The van der Waals surface area contributed by atoms with E-state index in [-0.39, 0.29) is 17.5 Å². The fourth-order valence-electron chi connectivity index (χ4n) is 4.26. The molecular formula is C27H31F3N5O3P. The molecule has 0 radical (unpaired) electrons. The third-order valence-corrected chi connectivity index (χ3v) is 8.21. The highest BCUT2D eigenvalue weighted by molar-refractivity contribution is 7.46. The Morgan fingerprint density at radius 2 is 1.69 bits per heavy atom. The normalized spacial score (nSPS) is 14.6. The Morgan fingerprint density at radius 3 is 2.31 bits per heavy atom. The summed E-state index contributed by atoms with van der Waals surface area (Å²) in [7, 11) is 0.627. The number of fused-ring (bicyclic) bond motifs is 1. The number of aromatic nitrogens is 2. The maximum absolute atomic E-state index is 13.9. The molecule has 0 atom stereocenters. The molecule has 0 fully saturated rings. The third-order valence-electron chi connectivity index (χ3n) is 6.50. The molecule has 2 N–H and O–H groups in total. The zero-order valence-corrected chi connectivity index (χ0v) is 23.3. The first-order valence-electron chi connectivity index (χ1n) is 12.5. The third kappa shape index (κ3) is 6.16. The van der Waals surface area contributed by atoms with E-state index in [4.69, 9.17) is 9.05 Å². The van der Waals surface area contributed by atoms with Gasteiger partial charge in [-0.05, 0) is 57.0 Å². The van der Waals surface area contributed by atoms with Crippen LogP contribution in [0.15, 0.2) is 48.7 Å². The summed E-state index contributed by atoms with van der Waals surface area (Å²) in [6.45, 7) is 8.71. The lowest BCUT2D eigenvalue weighted by Crippen LogP contribution is -2.35. The SMILES string of the molecule is CCOP(Cc1ccc(Nc2ncc(C(F)(F)F)c(Nc3cccc4c3C(=O)N(C)C4(C)C)n2)cc1)OCC.